The molecule has 0 aromatic heterocycles. The third kappa shape index (κ3) is 3.45. The highest BCUT2D eigenvalue weighted by Gasteiger charge is 2.07. The van der Waals surface area contributed by atoms with E-state index in [2.05, 4.69) is 27.9 Å². The van der Waals surface area contributed by atoms with Crippen LogP contribution in [0, 0.1) is 10.5 Å². The summed E-state index contributed by atoms with van der Waals surface area (Å²) in [6, 6.07) is 12.4. The van der Waals surface area contributed by atoms with Gasteiger partial charge in [0, 0.05) is 14.8 Å². The van der Waals surface area contributed by atoms with Crippen molar-refractivity contribution in [2.45, 2.75) is 6.92 Å². The van der Waals surface area contributed by atoms with Gasteiger partial charge in [0.2, 0.25) is 0 Å². The maximum Gasteiger partial charge on any atom is 0.255 e. The third-order valence-corrected chi connectivity index (χ3v) is 3.88. The van der Waals surface area contributed by atoms with Gasteiger partial charge in [-0.25, -0.2) is 0 Å². The van der Waals surface area contributed by atoms with Crippen LogP contribution in [0.3, 0.4) is 0 Å². The smallest absolute Gasteiger partial charge is 0.255 e. The van der Waals surface area contributed by atoms with Crippen LogP contribution in [0.15, 0.2) is 42.5 Å². The van der Waals surface area contributed by atoms with Gasteiger partial charge in [0.25, 0.3) is 5.91 Å². The molecule has 0 spiro atoms. The number of hydrogen-bond donors (Lipinski definition) is 3. The second-order valence-corrected chi connectivity index (χ2v) is 5.27. The molecule has 0 saturated carbocycles. The average Bonchev–Trinajstić information content (AvgIpc) is 2.43. The number of halogens is 1. The summed E-state index contributed by atoms with van der Waals surface area (Å²) in [6.07, 6.45) is 0. The molecule has 1 amide bonds. The van der Waals surface area contributed by atoms with Crippen molar-refractivity contribution in [2.24, 2.45) is 0 Å². The predicted octanol–water partition coefficient (Wildman–Crippen LogP) is 3.65. The van der Waals surface area contributed by atoms with E-state index in [9.17, 15) is 4.79 Å². The molecule has 4 nitrogen and oxygen atoms in total. The Morgan fingerprint density at radius 3 is 2.63 bits per heavy atom. The lowest BCUT2D eigenvalue weighted by Crippen LogP contribution is -2.12. The first-order valence-electron chi connectivity index (χ1n) is 5.68. The molecule has 19 heavy (non-hydrogen) atoms. The number of carbonyl (C=O) groups is 1. The first kappa shape index (κ1) is 13.8. The Bertz CT molecular complexity index is 614. The van der Waals surface area contributed by atoms with Gasteiger partial charge in [0.1, 0.15) is 0 Å². The van der Waals surface area contributed by atoms with E-state index in [0.29, 0.717) is 11.3 Å². The van der Waals surface area contributed by atoms with Crippen molar-refractivity contribution >= 4 is 39.9 Å². The maximum atomic E-state index is 12.1. The van der Waals surface area contributed by atoms with E-state index in [4.69, 9.17) is 5.21 Å². The number of anilines is 2. The zero-order valence-corrected chi connectivity index (χ0v) is 12.4. The van der Waals surface area contributed by atoms with Gasteiger partial charge in [0.15, 0.2) is 0 Å². The van der Waals surface area contributed by atoms with Crippen LogP contribution in [0.4, 0.5) is 11.4 Å². The molecule has 0 aliphatic rings. The standard InChI is InChI=1S/C14H13IN2O2/c1-9-7-11(5-6-13(9)15)16-14(18)10-3-2-4-12(8-10)17-19/h2-8,17,19H,1H3,(H,16,18). The highest BCUT2D eigenvalue weighted by atomic mass is 127. The Labute approximate surface area is 124 Å². The fraction of sp³-hybridized carbons (Fsp3) is 0.0714. The van der Waals surface area contributed by atoms with Gasteiger partial charge in [-0.15, -0.1) is 0 Å². The molecule has 98 valence electrons. The van der Waals surface area contributed by atoms with Gasteiger partial charge in [-0.2, -0.15) is 0 Å². The maximum absolute atomic E-state index is 12.1. The van der Waals surface area contributed by atoms with E-state index < -0.39 is 0 Å². The zero-order valence-electron chi connectivity index (χ0n) is 10.3. The first-order chi connectivity index (χ1) is 9.10. The largest absolute Gasteiger partial charge is 0.322 e. The van der Waals surface area contributed by atoms with Crippen LogP contribution in [0.25, 0.3) is 0 Å². The lowest BCUT2D eigenvalue weighted by molar-refractivity contribution is 0.102. The van der Waals surface area contributed by atoms with Crippen LogP contribution < -0.4 is 10.8 Å². The monoisotopic (exact) mass is 368 g/mol. The summed E-state index contributed by atoms with van der Waals surface area (Å²) in [5.41, 5.74) is 4.85. The number of benzene rings is 2. The molecule has 3 N–H and O–H groups in total. The summed E-state index contributed by atoms with van der Waals surface area (Å²) in [5.74, 6) is -0.210. The first-order valence-corrected chi connectivity index (χ1v) is 6.75. The van der Waals surface area contributed by atoms with Gasteiger partial charge in [0.05, 0.1) is 5.69 Å². The van der Waals surface area contributed by atoms with Crippen molar-refractivity contribution in [2.75, 3.05) is 10.8 Å². The molecular formula is C14H13IN2O2. The normalized spacial score (nSPS) is 10.1. The summed E-state index contributed by atoms with van der Waals surface area (Å²) in [6.45, 7) is 1.99. The van der Waals surface area contributed by atoms with Gasteiger partial charge in [-0.3, -0.25) is 15.5 Å². The van der Waals surface area contributed by atoms with Crippen LogP contribution in [0.5, 0.6) is 0 Å². The highest BCUT2D eigenvalue weighted by Crippen LogP contribution is 2.18. The highest BCUT2D eigenvalue weighted by molar-refractivity contribution is 14.1. The summed E-state index contributed by atoms with van der Waals surface area (Å²) >= 11 is 2.25. The topological polar surface area (TPSA) is 61.4 Å². The molecular weight excluding hydrogens is 355 g/mol. The molecule has 0 fully saturated rings. The molecule has 2 aromatic rings. The molecule has 0 aliphatic carbocycles. The van der Waals surface area contributed by atoms with Gasteiger partial charge in [-0.1, -0.05) is 6.07 Å². The minimum absolute atomic E-state index is 0.210. The molecule has 0 radical (unpaired) electrons. The molecule has 2 rings (SSSR count). The molecule has 5 heteroatoms. The molecule has 2 aromatic carbocycles. The summed E-state index contributed by atoms with van der Waals surface area (Å²) in [7, 11) is 0. The van der Waals surface area contributed by atoms with Crippen molar-refractivity contribution in [3.8, 4) is 0 Å². The van der Waals surface area contributed by atoms with E-state index in [-0.39, 0.29) is 5.91 Å². The van der Waals surface area contributed by atoms with Gasteiger partial charge in [-0.05, 0) is 71.5 Å². The quantitative estimate of drug-likeness (QED) is 0.573. The molecule has 0 bridgehead atoms. The number of amides is 1. The van der Waals surface area contributed by atoms with Crippen LogP contribution in [-0.2, 0) is 0 Å². The van der Waals surface area contributed by atoms with E-state index in [1.165, 1.54) is 0 Å². The third-order valence-electron chi connectivity index (χ3n) is 2.67. The van der Waals surface area contributed by atoms with E-state index in [1.54, 1.807) is 24.3 Å². The minimum Gasteiger partial charge on any atom is -0.322 e. The van der Waals surface area contributed by atoms with Crippen molar-refractivity contribution in [3.63, 3.8) is 0 Å². The number of hydrogen-bond acceptors (Lipinski definition) is 3. The Balaban J connectivity index is 2.18. The lowest BCUT2D eigenvalue weighted by atomic mass is 10.1. The van der Waals surface area contributed by atoms with Crippen LogP contribution in [-0.4, -0.2) is 11.1 Å². The molecule has 0 unspecified atom stereocenters. The second-order valence-electron chi connectivity index (χ2n) is 4.11. The number of rotatable bonds is 3. The Morgan fingerprint density at radius 1 is 1.16 bits per heavy atom. The van der Waals surface area contributed by atoms with E-state index >= 15 is 0 Å². The van der Waals surface area contributed by atoms with Crippen LogP contribution >= 0.6 is 22.6 Å². The summed E-state index contributed by atoms with van der Waals surface area (Å²) in [4.78, 5) is 12.1. The molecule has 0 heterocycles. The minimum atomic E-state index is -0.210. The predicted molar refractivity (Wildman–Crippen MR) is 83.7 cm³/mol. The average molecular weight is 368 g/mol. The Hall–Kier alpha value is -1.60. The van der Waals surface area contributed by atoms with Crippen molar-refractivity contribution in [3.05, 3.63) is 57.2 Å². The van der Waals surface area contributed by atoms with Gasteiger partial charge >= 0.3 is 0 Å². The SMILES string of the molecule is Cc1cc(NC(=O)c2cccc(NO)c2)ccc1I. The van der Waals surface area contributed by atoms with Crippen LogP contribution in [0.1, 0.15) is 15.9 Å². The number of carbonyl (C=O) groups excluding carboxylic acids is 1. The molecule has 0 atom stereocenters. The lowest BCUT2D eigenvalue weighted by Gasteiger charge is -2.08. The van der Waals surface area contributed by atoms with E-state index in [1.807, 2.05) is 30.6 Å². The van der Waals surface area contributed by atoms with Crippen LogP contribution in [0.2, 0.25) is 0 Å². The fourth-order valence-corrected chi connectivity index (χ4v) is 1.99. The summed E-state index contributed by atoms with van der Waals surface area (Å²) < 4.78 is 1.15. The second kappa shape index (κ2) is 6.03. The Morgan fingerprint density at radius 2 is 1.95 bits per heavy atom. The Kier molecular flexibility index (Phi) is 4.39. The summed E-state index contributed by atoms with van der Waals surface area (Å²) in [5, 5.41) is 11.6. The van der Waals surface area contributed by atoms with Crippen molar-refractivity contribution in [1.82, 2.24) is 0 Å². The zero-order chi connectivity index (χ0) is 13.8. The van der Waals surface area contributed by atoms with Crippen molar-refractivity contribution in [1.29, 1.82) is 0 Å². The fourth-order valence-electron chi connectivity index (χ4n) is 1.66. The molecule has 0 aliphatic heterocycles. The van der Waals surface area contributed by atoms with Crippen molar-refractivity contribution < 1.29 is 10.0 Å². The van der Waals surface area contributed by atoms with Gasteiger partial charge < -0.3 is 5.32 Å². The number of aryl methyl sites for hydroxylation is 1. The van der Waals surface area contributed by atoms with E-state index in [0.717, 1.165) is 14.8 Å². The molecule has 0 saturated heterocycles. The number of nitrogens with one attached hydrogen (secondary N) is 2.